The van der Waals surface area contributed by atoms with Gasteiger partial charge in [-0.2, -0.15) is 0 Å². The van der Waals surface area contributed by atoms with Crippen LogP contribution in [-0.2, 0) is 0 Å². The highest BCUT2D eigenvalue weighted by Gasteiger charge is 2.67. The van der Waals surface area contributed by atoms with Crippen LogP contribution in [0.3, 0.4) is 0 Å². The summed E-state index contributed by atoms with van der Waals surface area (Å²) in [5.41, 5.74) is -0.122. The lowest BCUT2D eigenvalue weighted by Crippen LogP contribution is -2.70. The van der Waals surface area contributed by atoms with Gasteiger partial charge in [-0.1, -0.05) is 0 Å². The third kappa shape index (κ3) is 0.315. The highest BCUT2D eigenvalue weighted by molar-refractivity contribution is 5.17. The lowest BCUT2D eigenvalue weighted by atomic mass is 9.39. The quantitative estimate of drug-likeness (QED) is 0.514. The van der Waals surface area contributed by atoms with Crippen LogP contribution >= 0.6 is 0 Å². The van der Waals surface area contributed by atoms with Gasteiger partial charge in [-0.05, 0) is 43.4 Å². The molecule has 0 amide bonds. The molecule has 4 bridgehead atoms. The van der Waals surface area contributed by atoms with E-state index in [1.807, 2.05) is 0 Å². The molecule has 0 aromatic carbocycles. The Morgan fingerprint density at radius 3 is 2.44 bits per heavy atom. The van der Waals surface area contributed by atoms with Crippen LogP contribution in [-0.4, -0.2) is 10.7 Å². The number of fused-ring (bicyclic) bond motifs is 1. The van der Waals surface area contributed by atoms with Crippen LogP contribution < -0.4 is 0 Å². The van der Waals surface area contributed by atoms with Crippen molar-refractivity contribution < 1.29 is 5.11 Å². The summed E-state index contributed by atoms with van der Waals surface area (Å²) in [4.78, 5) is 0. The summed E-state index contributed by atoms with van der Waals surface area (Å²) >= 11 is 0. The van der Waals surface area contributed by atoms with E-state index in [9.17, 15) is 5.11 Å². The molecule has 1 N–H and O–H groups in total. The molecule has 4 unspecified atom stereocenters. The molecule has 0 aromatic heterocycles. The fraction of sp³-hybridized carbons (Fsp3) is 1.00. The van der Waals surface area contributed by atoms with Crippen LogP contribution in [0.2, 0.25) is 0 Å². The standard InChI is InChI=1S/C8H12O/c9-8-4-5-1-2-6(8)3-7(5)8/h5-7,9H,1-4H2. The molecule has 50 valence electrons. The molecule has 0 spiro atoms. The number of hydrogen-bond donors (Lipinski definition) is 1. The Morgan fingerprint density at radius 2 is 2.22 bits per heavy atom. The third-order valence-electron chi connectivity index (χ3n) is 3.93. The normalized spacial score (nSPS) is 68.3. The van der Waals surface area contributed by atoms with Crippen molar-refractivity contribution in [3.63, 3.8) is 0 Å². The second kappa shape index (κ2) is 1.07. The van der Waals surface area contributed by atoms with Gasteiger partial charge >= 0.3 is 0 Å². The van der Waals surface area contributed by atoms with Crippen molar-refractivity contribution in [3.8, 4) is 0 Å². The van der Waals surface area contributed by atoms with E-state index in [2.05, 4.69) is 0 Å². The van der Waals surface area contributed by atoms with Gasteiger partial charge in [-0.3, -0.25) is 0 Å². The average Bonchev–Trinajstić information content (AvgIpc) is 1.88. The summed E-state index contributed by atoms with van der Waals surface area (Å²) in [6.07, 6.45) is 5.22. The summed E-state index contributed by atoms with van der Waals surface area (Å²) in [5, 5.41) is 9.76. The van der Waals surface area contributed by atoms with Crippen molar-refractivity contribution in [2.24, 2.45) is 17.8 Å². The molecule has 0 saturated heterocycles. The Bertz CT molecular complexity index is 157. The maximum Gasteiger partial charge on any atom is 0.0709 e. The van der Waals surface area contributed by atoms with E-state index >= 15 is 0 Å². The first kappa shape index (κ1) is 4.73. The zero-order chi connectivity index (χ0) is 6.06. The predicted molar refractivity (Wildman–Crippen MR) is 33.9 cm³/mol. The lowest BCUT2D eigenvalue weighted by molar-refractivity contribution is -0.283. The molecular formula is C8H12O. The lowest BCUT2D eigenvalue weighted by Gasteiger charge is -2.69. The molecule has 0 heterocycles. The molecule has 1 nitrogen and oxygen atoms in total. The first-order valence-electron chi connectivity index (χ1n) is 4.03. The summed E-state index contributed by atoms with van der Waals surface area (Å²) in [7, 11) is 0. The Balaban J connectivity index is 2.00. The van der Waals surface area contributed by atoms with Crippen LogP contribution in [0.25, 0.3) is 0 Å². The van der Waals surface area contributed by atoms with E-state index in [0.29, 0.717) is 5.92 Å². The van der Waals surface area contributed by atoms with Gasteiger partial charge in [0, 0.05) is 0 Å². The molecular weight excluding hydrogens is 112 g/mol. The van der Waals surface area contributed by atoms with Crippen LogP contribution in [0.1, 0.15) is 25.7 Å². The second-order valence-corrected chi connectivity index (χ2v) is 4.07. The Morgan fingerprint density at radius 1 is 1.33 bits per heavy atom. The minimum absolute atomic E-state index is 0.122. The zero-order valence-corrected chi connectivity index (χ0v) is 5.51. The number of hydrogen-bond acceptors (Lipinski definition) is 1. The smallest absolute Gasteiger partial charge is 0.0709 e. The average molecular weight is 124 g/mol. The van der Waals surface area contributed by atoms with E-state index in [-0.39, 0.29) is 5.60 Å². The molecule has 4 aliphatic rings. The summed E-state index contributed by atoms with van der Waals surface area (Å²) in [6, 6.07) is 0. The highest BCUT2D eigenvalue weighted by Crippen LogP contribution is 2.67. The topological polar surface area (TPSA) is 20.2 Å². The molecule has 4 rings (SSSR count). The van der Waals surface area contributed by atoms with E-state index in [4.69, 9.17) is 0 Å². The molecule has 9 heavy (non-hydrogen) atoms. The predicted octanol–water partition coefficient (Wildman–Crippen LogP) is 1.17. The number of aliphatic hydroxyl groups is 1. The van der Waals surface area contributed by atoms with Crippen LogP contribution in [0.15, 0.2) is 0 Å². The van der Waals surface area contributed by atoms with Crippen molar-refractivity contribution in [1.29, 1.82) is 0 Å². The molecule has 4 aliphatic carbocycles. The third-order valence-corrected chi connectivity index (χ3v) is 3.93. The van der Waals surface area contributed by atoms with Gasteiger partial charge in [0.15, 0.2) is 0 Å². The minimum atomic E-state index is -0.122. The first-order valence-corrected chi connectivity index (χ1v) is 4.03. The second-order valence-electron chi connectivity index (χ2n) is 4.07. The molecule has 0 aromatic rings. The fourth-order valence-electron chi connectivity index (χ4n) is 3.26. The van der Waals surface area contributed by atoms with Gasteiger partial charge in [-0.25, -0.2) is 0 Å². The van der Waals surface area contributed by atoms with Crippen molar-refractivity contribution in [1.82, 2.24) is 0 Å². The molecule has 0 aliphatic heterocycles. The molecule has 4 fully saturated rings. The highest BCUT2D eigenvalue weighted by atomic mass is 16.3. The molecule has 1 heteroatoms. The first-order chi connectivity index (χ1) is 4.31. The largest absolute Gasteiger partial charge is 0.389 e. The van der Waals surface area contributed by atoms with E-state index in [1.165, 1.54) is 19.3 Å². The summed E-state index contributed by atoms with van der Waals surface area (Å²) in [6.45, 7) is 0. The van der Waals surface area contributed by atoms with Crippen molar-refractivity contribution >= 4 is 0 Å². The van der Waals surface area contributed by atoms with Crippen molar-refractivity contribution in [3.05, 3.63) is 0 Å². The van der Waals surface area contributed by atoms with Gasteiger partial charge in [0.05, 0.1) is 5.60 Å². The van der Waals surface area contributed by atoms with Gasteiger partial charge in [0.1, 0.15) is 0 Å². The molecule has 4 atom stereocenters. The Hall–Kier alpha value is -0.0400. The van der Waals surface area contributed by atoms with Gasteiger partial charge in [0.25, 0.3) is 0 Å². The maximum absolute atomic E-state index is 9.76. The van der Waals surface area contributed by atoms with Crippen molar-refractivity contribution in [2.45, 2.75) is 31.3 Å². The van der Waals surface area contributed by atoms with Gasteiger partial charge in [-0.15, -0.1) is 0 Å². The zero-order valence-electron chi connectivity index (χ0n) is 5.51. The summed E-state index contributed by atoms with van der Waals surface area (Å²) < 4.78 is 0. The Labute approximate surface area is 55.1 Å². The van der Waals surface area contributed by atoms with Crippen molar-refractivity contribution in [2.75, 3.05) is 0 Å². The monoisotopic (exact) mass is 124 g/mol. The van der Waals surface area contributed by atoms with E-state index < -0.39 is 0 Å². The van der Waals surface area contributed by atoms with Crippen LogP contribution in [0.4, 0.5) is 0 Å². The van der Waals surface area contributed by atoms with Gasteiger partial charge < -0.3 is 5.11 Å². The maximum atomic E-state index is 9.76. The molecule has 0 radical (unpaired) electrons. The van der Waals surface area contributed by atoms with Gasteiger partial charge in [0.2, 0.25) is 0 Å². The Kier molecular flexibility index (Phi) is 0.563. The molecule has 4 saturated carbocycles. The number of rotatable bonds is 0. The fourth-order valence-corrected chi connectivity index (χ4v) is 3.26. The van der Waals surface area contributed by atoms with Crippen LogP contribution in [0, 0.1) is 17.8 Å². The van der Waals surface area contributed by atoms with E-state index in [1.54, 1.807) is 0 Å². The minimum Gasteiger partial charge on any atom is -0.389 e. The summed E-state index contributed by atoms with van der Waals surface area (Å²) in [5.74, 6) is 2.39. The van der Waals surface area contributed by atoms with E-state index in [0.717, 1.165) is 18.3 Å². The van der Waals surface area contributed by atoms with Crippen LogP contribution in [0.5, 0.6) is 0 Å². The SMILES string of the molecule is OC12CC3CCC1CC32.